The van der Waals surface area contributed by atoms with Crippen molar-refractivity contribution in [2.75, 3.05) is 11.9 Å². The van der Waals surface area contributed by atoms with Crippen LogP contribution in [0.25, 0.3) is 0 Å². The molecule has 3 rings (SSSR count). The fraction of sp³-hybridized carbons (Fsp3) is 0.500. The molecule has 1 aromatic rings. The van der Waals surface area contributed by atoms with Gasteiger partial charge in [-0.15, -0.1) is 0 Å². The van der Waals surface area contributed by atoms with Gasteiger partial charge in [-0.3, -0.25) is 4.79 Å². The molecule has 1 fully saturated rings. The van der Waals surface area contributed by atoms with Crippen LogP contribution in [0.5, 0.6) is 0 Å². The van der Waals surface area contributed by atoms with E-state index in [4.69, 9.17) is 0 Å². The van der Waals surface area contributed by atoms with E-state index in [9.17, 15) is 4.79 Å². The summed E-state index contributed by atoms with van der Waals surface area (Å²) in [6, 6.07) is 6.00. The Morgan fingerprint density at radius 3 is 2.94 bits per heavy atom. The Kier molecular flexibility index (Phi) is 2.03. The second-order valence-electron chi connectivity index (χ2n) is 5.83. The highest BCUT2D eigenvalue weighted by Crippen LogP contribution is 2.41. The zero-order valence-electron chi connectivity index (χ0n) is 10.6. The summed E-state index contributed by atoms with van der Waals surface area (Å²) in [5.74, 6) is 0.175. The van der Waals surface area contributed by atoms with Gasteiger partial charge in [0.05, 0.1) is 5.56 Å². The van der Waals surface area contributed by atoms with Crippen molar-refractivity contribution in [2.45, 2.75) is 33.4 Å². The fourth-order valence-electron chi connectivity index (χ4n) is 2.85. The molecule has 1 unspecified atom stereocenters. The molecule has 3 heteroatoms. The summed E-state index contributed by atoms with van der Waals surface area (Å²) in [4.78, 5) is 14.4. The van der Waals surface area contributed by atoms with Gasteiger partial charge in [-0.1, -0.05) is 19.9 Å². The first-order valence-corrected chi connectivity index (χ1v) is 6.17. The van der Waals surface area contributed by atoms with Gasteiger partial charge in [-0.2, -0.15) is 0 Å². The van der Waals surface area contributed by atoms with Crippen molar-refractivity contribution in [3.8, 4) is 0 Å². The van der Waals surface area contributed by atoms with E-state index < -0.39 is 0 Å². The predicted molar refractivity (Wildman–Crippen MR) is 68.0 cm³/mol. The van der Waals surface area contributed by atoms with Gasteiger partial charge in [0, 0.05) is 17.6 Å². The molecule has 1 atom stereocenters. The van der Waals surface area contributed by atoms with Crippen LogP contribution in [0.4, 0.5) is 5.69 Å². The topological polar surface area (TPSA) is 32.3 Å². The van der Waals surface area contributed by atoms with Crippen LogP contribution in [-0.2, 0) is 0 Å². The van der Waals surface area contributed by atoms with E-state index >= 15 is 0 Å². The molecule has 1 aromatic carbocycles. The molecular weight excluding hydrogens is 212 g/mol. The third-order valence-corrected chi connectivity index (χ3v) is 4.01. The number of anilines is 1. The third-order valence-electron chi connectivity index (χ3n) is 4.01. The summed E-state index contributed by atoms with van der Waals surface area (Å²) >= 11 is 0. The van der Waals surface area contributed by atoms with Gasteiger partial charge in [-0.05, 0) is 31.0 Å². The van der Waals surface area contributed by atoms with Gasteiger partial charge in [0.15, 0.2) is 0 Å². The zero-order chi connectivity index (χ0) is 12.2. The molecule has 1 N–H and O–H groups in total. The summed E-state index contributed by atoms with van der Waals surface area (Å²) < 4.78 is 0. The molecule has 0 bridgehead atoms. The Bertz CT molecular complexity index is 493. The quantitative estimate of drug-likeness (QED) is 0.743. The second-order valence-corrected chi connectivity index (χ2v) is 5.83. The number of rotatable bonds is 0. The van der Waals surface area contributed by atoms with E-state index in [2.05, 4.69) is 32.2 Å². The molecule has 2 aliphatic heterocycles. The number of benzene rings is 1. The number of hydrogen-bond donors (Lipinski definition) is 1. The van der Waals surface area contributed by atoms with Crippen molar-refractivity contribution < 1.29 is 4.79 Å². The van der Waals surface area contributed by atoms with E-state index in [1.807, 2.05) is 17.0 Å². The lowest BCUT2D eigenvalue weighted by Gasteiger charge is -2.38. The molecule has 2 aliphatic rings. The number of amides is 1. The second kappa shape index (κ2) is 3.25. The lowest BCUT2D eigenvalue weighted by Crippen LogP contribution is -2.49. The first kappa shape index (κ1) is 10.6. The molecule has 1 saturated heterocycles. The van der Waals surface area contributed by atoms with Gasteiger partial charge >= 0.3 is 0 Å². The predicted octanol–water partition coefficient (Wildman–Crippen LogP) is 2.62. The van der Waals surface area contributed by atoms with Gasteiger partial charge < -0.3 is 10.2 Å². The molecule has 0 saturated carbocycles. The SMILES string of the molecule is Cc1ccc2c(c1)NC1N(CCC1(C)C)C2=O. The van der Waals surface area contributed by atoms with Crippen molar-refractivity contribution in [1.82, 2.24) is 4.90 Å². The van der Waals surface area contributed by atoms with Crippen molar-refractivity contribution in [1.29, 1.82) is 0 Å². The van der Waals surface area contributed by atoms with E-state index in [0.29, 0.717) is 0 Å². The number of fused-ring (bicyclic) bond motifs is 2. The smallest absolute Gasteiger partial charge is 0.257 e. The molecular formula is C14H18N2O. The largest absolute Gasteiger partial charge is 0.364 e. The van der Waals surface area contributed by atoms with Crippen LogP contribution in [0.1, 0.15) is 36.2 Å². The lowest BCUT2D eigenvalue weighted by molar-refractivity contribution is 0.0699. The maximum absolute atomic E-state index is 12.4. The summed E-state index contributed by atoms with van der Waals surface area (Å²) in [5.41, 5.74) is 3.14. The third kappa shape index (κ3) is 1.45. The van der Waals surface area contributed by atoms with Crippen LogP contribution in [0.2, 0.25) is 0 Å². The minimum atomic E-state index is 0.143. The molecule has 0 aliphatic carbocycles. The number of aryl methyl sites for hydroxylation is 1. The molecule has 2 heterocycles. The van der Waals surface area contributed by atoms with Gasteiger partial charge in [0.1, 0.15) is 6.17 Å². The van der Waals surface area contributed by atoms with Gasteiger partial charge in [-0.25, -0.2) is 0 Å². The van der Waals surface area contributed by atoms with Crippen LogP contribution in [0.15, 0.2) is 18.2 Å². The maximum atomic E-state index is 12.4. The van der Waals surface area contributed by atoms with Crippen LogP contribution in [0.3, 0.4) is 0 Å². The standard InChI is InChI=1S/C14H18N2O/c1-9-4-5-10-11(8-9)15-13-14(2,3)6-7-16(13)12(10)17/h4-5,8,13,15H,6-7H2,1-3H3. The van der Waals surface area contributed by atoms with E-state index in [-0.39, 0.29) is 17.5 Å². The number of nitrogens with one attached hydrogen (secondary N) is 1. The molecule has 0 aromatic heterocycles. The van der Waals surface area contributed by atoms with E-state index in [1.165, 1.54) is 5.56 Å². The number of carbonyl (C=O) groups excluding carboxylic acids is 1. The Labute approximate surface area is 102 Å². The summed E-state index contributed by atoms with van der Waals surface area (Å²) in [5, 5.41) is 3.53. The Balaban J connectivity index is 2.08. The Hall–Kier alpha value is -1.51. The number of nitrogens with zero attached hydrogens (tertiary/aromatic N) is 1. The maximum Gasteiger partial charge on any atom is 0.257 e. The van der Waals surface area contributed by atoms with Crippen LogP contribution < -0.4 is 5.32 Å². The molecule has 1 amide bonds. The normalized spacial score (nSPS) is 25.2. The average molecular weight is 230 g/mol. The Morgan fingerprint density at radius 2 is 2.18 bits per heavy atom. The summed E-state index contributed by atoms with van der Waals surface area (Å²) in [7, 11) is 0. The number of hydrogen-bond acceptors (Lipinski definition) is 2. The van der Waals surface area contributed by atoms with Crippen molar-refractivity contribution >= 4 is 11.6 Å². The molecule has 0 radical (unpaired) electrons. The lowest BCUT2D eigenvalue weighted by atomic mass is 9.88. The average Bonchev–Trinajstić information content (AvgIpc) is 2.55. The Morgan fingerprint density at radius 1 is 1.41 bits per heavy atom. The minimum absolute atomic E-state index is 0.143. The first-order chi connectivity index (χ1) is 7.99. The van der Waals surface area contributed by atoms with Crippen molar-refractivity contribution in [2.24, 2.45) is 5.41 Å². The van der Waals surface area contributed by atoms with E-state index in [0.717, 1.165) is 24.2 Å². The summed E-state index contributed by atoms with van der Waals surface area (Å²) in [6.07, 6.45) is 1.20. The molecule has 3 nitrogen and oxygen atoms in total. The van der Waals surface area contributed by atoms with Gasteiger partial charge in [0.2, 0.25) is 0 Å². The highest BCUT2D eigenvalue weighted by molar-refractivity contribution is 6.02. The molecule has 17 heavy (non-hydrogen) atoms. The van der Waals surface area contributed by atoms with Crippen molar-refractivity contribution in [3.63, 3.8) is 0 Å². The van der Waals surface area contributed by atoms with Crippen LogP contribution >= 0.6 is 0 Å². The van der Waals surface area contributed by atoms with E-state index in [1.54, 1.807) is 0 Å². The fourth-order valence-corrected chi connectivity index (χ4v) is 2.85. The first-order valence-electron chi connectivity index (χ1n) is 6.17. The van der Waals surface area contributed by atoms with Crippen LogP contribution in [0, 0.1) is 12.3 Å². The number of carbonyl (C=O) groups is 1. The summed E-state index contributed by atoms with van der Waals surface area (Å²) in [6.45, 7) is 7.35. The molecule has 0 spiro atoms. The van der Waals surface area contributed by atoms with Gasteiger partial charge in [0.25, 0.3) is 5.91 Å². The minimum Gasteiger partial charge on any atom is -0.364 e. The monoisotopic (exact) mass is 230 g/mol. The zero-order valence-corrected chi connectivity index (χ0v) is 10.6. The van der Waals surface area contributed by atoms with Crippen molar-refractivity contribution in [3.05, 3.63) is 29.3 Å². The highest BCUT2D eigenvalue weighted by atomic mass is 16.2. The highest BCUT2D eigenvalue weighted by Gasteiger charge is 2.45. The van der Waals surface area contributed by atoms with Crippen LogP contribution in [-0.4, -0.2) is 23.5 Å². The molecule has 90 valence electrons.